The topological polar surface area (TPSA) is 64.6 Å². The lowest BCUT2D eigenvalue weighted by molar-refractivity contribution is 0.297. The first-order chi connectivity index (χ1) is 10.6. The molecule has 0 saturated carbocycles. The van der Waals surface area contributed by atoms with Crippen LogP contribution >= 0.6 is 15.9 Å². The summed E-state index contributed by atoms with van der Waals surface area (Å²) in [6, 6.07) is 11.7. The average molecular weight is 384 g/mol. The Morgan fingerprint density at radius 3 is 2.50 bits per heavy atom. The summed E-state index contributed by atoms with van der Waals surface area (Å²) >= 11 is 3.25. The fourth-order valence-corrected chi connectivity index (χ4v) is 4.15. The Kier molecular flexibility index (Phi) is 4.26. The highest BCUT2D eigenvalue weighted by Gasteiger charge is 2.18. The van der Waals surface area contributed by atoms with Gasteiger partial charge in [-0.05, 0) is 40.2 Å². The fraction of sp³-hybridized carbons (Fsp3) is 0.200. The van der Waals surface area contributed by atoms with Crippen molar-refractivity contribution in [2.45, 2.75) is 11.3 Å². The van der Waals surface area contributed by atoms with E-state index in [0.29, 0.717) is 34.9 Å². The highest BCUT2D eigenvalue weighted by molar-refractivity contribution is 9.10. The Balaban J connectivity index is 1.90. The largest absolute Gasteiger partial charge is 0.490 e. The van der Waals surface area contributed by atoms with Crippen molar-refractivity contribution in [1.82, 2.24) is 0 Å². The molecule has 5 nitrogen and oxygen atoms in total. The van der Waals surface area contributed by atoms with E-state index in [-0.39, 0.29) is 4.90 Å². The van der Waals surface area contributed by atoms with Gasteiger partial charge in [0.1, 0.15) is 4.90 Å². The van der Waals surface area contributed by atoms with E-state index in [0.717, 1.165) is 6.42 Å². The van der Waals surface area contributed by atoms with Crippen LogP contribution in [0.4, 0.5) is 5.69 Å². The van der Waals surface area contributed by atoms with Crippen molar-refractivity contribution in [2.24, 2.45) is 0 Å². The molecule has 0 aromatic heterocycles. The molecular weight excluding hydrogens is 370 g/mol. The van der Waals surface area contributed by atoms with E-state index in [1.54, 1.807) is 36.4 Å². The highest BCUT2D eigenvalue weighted by Crippen LogP contribution is 2.33. The zero-order chi connectivity index (χ0) is 15.6. The molecule has 22 heavy (non-hydrogen) atoms. The Morgan fingerprint density at radius 2 is 1.73 bits per heavy atom. The molecule has 0 aliphatic carbocycles. The van der Waals surface area contributed by atoms with E-state index in [9.17, 15) is 8.42 Å². The number of ether oxygens (including phenoxy) is 2. The minimum Gasteiger partial charge on any atom is -0.490 e. The van der Waals surface area contributed by atoms with Crippen molar-refractivity contribution in [3.63, 3.8) is 0 Å². The molecule has 116 valence electrons. The number of benzene rings is 2. The lowest BCUT2D eigenvalue weighted by Gasteiger charge is -2.12. The molecule has 3 rings (SSSR count). The van der Waals surface area contributed by atoms with Gasteiger partial charge in [-0.1, -0.05) is 12.1 Å². The molecular formula is C15H14BrNO4S. The van der Waals surface area contributed by atoms with Crippen molar-refractivity contribution >= 4 is 31.6 Å². The van der Waals surface area contributed by atoms with Crippen LogP contribution in [0.3, 0.4) is 0 Å². The molecule has 0 amide bonds. The van der Waals surface area contributed by atoms with Crippen LogP contribution in [0, 0.1) is 0 Å². The minimum absolute atomic E-state index is 0.183. The maximum atomic E-state index is 12.4. The fourth-order valence-electron chi connectivity index (χ4n) is 2.10. The molecule has 1 aliphatic heterocycles. The van der Waals surface area contributed by atoms with Crippen LogP contribution in [0.15, 0.2) is 51.8 Å². The predicted octanol–water partition coefficient (Wildman–Crippen LogP) is 3.41. The number of sulfonamides is 1. The van der Waals surface area contributed by atoms with E-state index < -0.39 is 10.0 Å². The molecule has 0 radical (unpaired) electrons. The molecule has 0 saturated heterocycles. The van der Waals surface area contributed by atoms with Gasteiger partial charge in [-0.25, -0.2) is 8.42 Å². The summed E-state index contributed by atoms with van der Waals surface area (Å²) in [4.78, 5) is 0.183. The first-order valence-electron chi connectivity index (χ1n) is 6.73. The van der Waals surface area contributed by atoms with Gasteiger partial charge in [0.05, 0.1) is 18.9 Å². The van der Waals surface area contributed by atoms with Crippen LogP contribution in [0.2, 0.25) is 0 Å². The number of halogens is 1. The van der Waals surface area contributed by atoms with Gasteiger partial charge >= 0.3 is 0 Å². The molecule has 2 aromatic rings. The predicted molar refractivity (Wildman–Crippen MR) is 87.0 cm³/mol. The summed E-state index contributed by atoms with van der Waals surface area (Å²) in [5.41, 5.74) is 0.431. The molecule has 1 N–H and O–H groups in total. The van der Waals surface area contributed by atoms with Gasteiger partial charge in [0.15, 0.2) is 11.5 Å². The smallest absolute Gasteiger partial charge is 0.263 e. The zero-order valence-electron chi connectivity index (χ0n) is 11.6. The Hall–Kier alpha value is -1.73. The van der Waals surface area contributed by atoms with E-state index in [2.05, 4.69) is 20.7 Å². The molecule has 0 fully saturated rings. The SMILES string of the molecule is O=S(=O)(Nc1ccc2c(c1)OCCCO2)c1ccccc1Br. The molecule has 0 unspecified atom stereocenters. The first kappa shape index (κ1) is 15.2. The van der Waals surface area contributed by atoms with Crippen LogP contribution in [-0.4, -0.2) is 21.6 Å². The van der Waals surface area contributed by atoms with Crippen LogP contribution in [0.25, 0.3) is 0 Å². The first-order valence-corrected chi connectivity index (χ1v) is 9.01. The zero-order valence-corrected chi connectivity index (χ0v) is 14.0. The molecule has 0 spiro atoms. The van der Waals surface area contributed by atoms with E-state index >= 15 is 0 Å². The van der Waals surface area contributed by atoms with Crippen molar-refractivity contribution in [3.05, 3.63) is 46.9 Å². The average Bonchev–Trinajstić information content (AvgIpc) is 2.72. The number of hydrogen-bond donors (Lipinski definition) is 1. The molecule has 0 bridgehead atoms. The van der Waals surface area contributed by atoms with Crippen molar-refractivity contribution in [1.29, 1.82) is 0 Å². The third-order valence-corrected chi connectivity index (χ3v) is 5.52. The normalized spacial score (nSPS) is 14.2. The molecule has 7 heteroatoms. The van der Waals surface area contributed by atoms with Gasteiger partial charge in [-0.15, -0.1) is 0 Å². The second kappa shape index (κ2) is 6.18. The van der Waals surface area contributed by atoms with Crippen LogP contribution in [0.5, 0.6) is 11.5 Å². The standard InChI is InChI=1S/C15H14BrNO4S/c16-12-4-1-2-5-15(12)22(18,19)17-11-6-7-13-14(10-11)21-9-3-8-20-13/h1-2,4-7,10,17H,3,8-9H2. The van der Waals surface area contributed by atoms with Crippen molar-refractivity contribution in [2.75, 3.05) is 17.9 Å². The van der Waals surface area contributed by atoms with Gasteiger partial charge in [-0.3, -0.25) is 4.72 Å². The summed E-state index contributed by atoms with van der Waals surface area (Å²) in [6.45, 7) is 1.14. The van der Waals surface area contributed by atoms with Gasteiger partial charge in [0.2, 0.25) is 0 Å². The number of fused-ring (bicyclic) bond motifs is 1. The number of anilines is 1. The van der Waals surface area contributed by atoms with Crippen LogP contribution < -0.4 is 14.2 Å². The maximum Gasteiger partial charge on any atom is 0.263 e. The lowest BCUT2D eigenvalue weighted by Crippen LogP contribution is -2.13. The number of hydrogen-bond acceptors (Lipinski definition) is 4. The van der Waals surface area contributed by atoms with Crippen LogP contribution in [-0.2, 0) is 10.0 Å². The maximum absolute atomic E-state index is 12.4. The van der Waals surface area contributed by atoms with Gasteiger partial charge in [0.25, 0.3) is 10.0 Å². The van der Waals surface area contributed by atoms with Crippen molar-refractivity contribution < 1.29 is 17.9 Å². The monoisotopic (exact) mass is 383 g/mol. The summed E-state index contributed by atoms with van der Waals surface area (Å²) in [7, 11) is -3.67. The molecule has 2 aromatic carbocycles. The number of rotatable bonds is 3. The quantitative estimate of drug-likeness (QED) is 0.881. The molecule has 1 heterocycles. The highest BCUT2D eigenvalue weighted by atomic mass is 79.9. The Bertz CT molecular complexity index is 792. The molecule has 0 atom stereocenters. The summed E-state index contributed by atoms with van der Waals surface area (Å²) < 4.78 is 39.0. The van der Waals surface area contributed by atoms with E-state index in [1.165, 1.54) is 6.07 Å². The summed E-state index contributed by atoms with van der Waals surface area (Å²) in [6.07, 6.45) is 0.798. The van der Waals surface area contributed by atoms with E-state index in [4.69, 9.17) is 9.47 Å². The van der Waals surface area contributed by atoms with Crippen molar-refractivity contribution in [3.8, 4) is 11.5 Å². The lowest BCUT2D eigenvalue weighted by atomic mass is 10.3. The summed E-state index contributed by atoms with van der Waals surface area (Å²) in [5.74, 6) is 1.17. The second-order valence-corrected chi connectivity index (χ2v) is 7.25. The molecule has 1 aliphatic rings. The van der Waals surface area contributed by atoms with Gasteiger partial charge in [-0.2, -0.15) is 0 Å². The van der Waals surface area contributed by atoms with Gasteiger partial charge in [0, 0.05) is 17.0 Å². The van der Waals surface area contributed by atoms with E-state index in [1.807, 2.05) is 0 Å². The third kappa shape index (κ3) is 3.20. The number of nitrogens with one attached hydrogen (secondary N) is 1. The second-order valence-electron chi connectivity index (χ2n) is 4.75. The Morgan fingerprint density at radius 1 is 1.00 bits per heavy atom. The van der Waals surface area contributed by atoms with Gasteiger partial charge < -0.3 is 9.47 Å². The van der Waals surface area contributed by atoms with Crippen LogP contribution in [0.1, 0.15) is 6.42 Å². The summed E-state index contributed by atoms with van der Waals surface area (Å²) in [5, 5.41) is 0. The third-order valence-electron chi connectivity index (χ3n) is 3.13. The Labute approximate surface area is 137 Å². The minimum atomic E-state index is -3.67.